The third kappa shape index (κ3) is 5.01. The van der Waals surface area contributed by atoms with E-state index in [0.29, 0.717) is 30.1 Å². The Balaban J connectivity index is 1.50. The van der Waals surface area contributed by atoms with Gasteiger partial charge < -0.3 is 20.2 Å². The molecule has 2 N–H and O–H groups in total. The largest absolute Gasteiger partial charge is 0.478 e. The molecule has 3 aromatic carbocycles. The van der Waals surface area contributed by atoms with Crippen LogP contribution in [0.1, 0.15) is 33.0 Å². The molecule has 0 aromatic heterocycles. The number of hydrogen-bond donors (Lipinski definition) is 2. The lowest BCUT2D eigenvalue weighted by Gasteiger charge is -2.20. The predicted octanol–water partition coefficient (Wildman–Crippen LogP) is 3.73. The number of carbonyl (C=O) groups is 3. The van der Waals surface area contributed by atoms with Crippen LogP contribution < -0.4 is 10.2 Å². The smallest absolute Gasteiger partial charge is 0.335 e. The van der Waals surface area contributed by atoms with E-state index in [4.69, 9.17) is 4.99 Å². The van der Waals surface area contributed by atoms with Crippen molar-refractivity contribution in [3.63, 3.8) is 0 Å². The lowest BCUT2D eigenvalue weighted by molar-refractivity contribution is -0.118. The molecule has 0 saturated carbocycles. The van der Waals surface area contributed by atoms with Crippen LogP contribution in [0.4, 0.5) is 17.1 Å². The van der Waals surface area contributed by atoms with E-state index in [9.17, 15) is 19.5 Å². The number of carbonyl (C=O) groups excluding carboxylic acids is 2. The van der Waals surface area contributed by atoms with Gasteiger partial charge in [-0.2, -0.15) is 0 Å². The molecule has 0 fully saturated rings. The van der Waals surface area contributed by atoms with Crippen molar-refractivity contribution in [2.75, 3.05) is 43.9 Å². The minimum atomic E-state index is -1.05. The number of likely N-dealkylation sites (N-methyl/N-ethyl adjacent to an activating group) is 1. The lowest BCUT2D eigenvalue weighted by atomic mass is 9.90. The fraction of sp³-hybridized carbons (Fsp3) is 0.241. The summed E-state index contributed by atoms with van der Waals surface area (Å²) in [5, 5.41) is 12.2. The first-order chi connectivity index (χ1) is 17.8. The van der Waals surface area contributed by atoms with Crippen LogP contribution in [0.3, 0.4) is 0 Å². The Morgan fingerprint density at radius 1 is 1.05 bits per heavy atom. The van der Waals surface area contributed by atoms with Gasteiger partial charge in [0.15, 0.2) is 5.78 Å². The highest BCUT2D eigenvalue weighted by Crippen LogP contribution is 2.38. The van der Waals surface area contributed by atoms with E-state index in [0.717, 1.165) is 35.5 Å². The third-order valence-corrected chi connectivity index (χ3v) is 6.64. The van der Waals surface area contributed by atoms with Crippen molar-refractivity contribution in [2.24, 2.45) is 4.99 Å². The number of benzene rings is 3. The van der Waals surface area contributed by atoms with Crippen LogP contribution in [0, 0.1) is 0 Å². The first-order valence-corrected chi connectivity index (χ1v) is 12.2. The normalized spacial score (nSPS) is 16.5. The number of hydrogen-bond acceptors (Lipinski definition) is 6. The Bertz CT molecular complexity index is 1410. The van der Waals surface area contributed by atoms with Gasteiger partial charge in [-0.25, -0.2) is 4.79 Å². The summed E-state index contributed by atoms with van der Waals surface area (Å²) in [5.74, 6) is -1.79. The zero-order valence-corrected chi connectivity index (χ0v) is 20.8. The van der Waals surface area contributed by atoms with Crippen LogP contribution in [0.15, 0.2) is 71.7 Å². The van der Waals surface area contributed by atoms with E-state index in [1.807, 2.05) is 67.5 Å². The number of fused-ring (bicyclic) bond motifs is 2. The molecule has 0 spiro atoms. The maximum Gasteiger partial charge on any atom is 0.335 e. The number of aromatic carboxylic acids is 1. The van der Waals surface area contributed by atoms with Gasteiger partial charge in [0.2, 0.25) is 5.91 Å². The van der Waals surface area contributed by atoms with E-state index < -0.39 is 11.9 Å². The molecule has 0 aliphatic carbocycles. The van der Waals surface area contributed by atoms with Crippen LogP contribution in [-0.2, 0) is 16.0 Å². The number of amides is 1. The monoisotopic (exact) mass is 496 g/mol. The summed E-state index contributed by atoms with van der Waals surface area (Å²) in [4.78, 5) is 45.9. The minimum Gasteiger partial charge on any atom is -0.478 e. The molecular weight excluding hydrogens is 468 g/mol. The number of rotatable bonds is 8. The van der Waals surface area contributed by atoms with Crippen molar-refractivity contribution in [1.82, 2.24) is 4.90 Å². The summed E-state index contributed by atoms with van der Waals surface area (Å²) in [6.45, 7) is 1.56. The molecule has 1 atom stereocenters. The van der Waals surface area contributed by atoms with Crippen LogP contribution in [-0.4, -0.2) is 67.1 Å². The van der Waals surface area contributed by atoms with Gasteiger partial charge in [-0.05, 0) is 67.5 Å². The highest BCUT2D eigenvalue weighted by molar-refractivity contribution is 6.24. The molecule has 0 radical (unpaired) electrons. The lowest BCUT2D eigenvalue weighted by Crippen LogP contribution is -2.33. The Kier molecular flexibility index (Phi) is 6.58. The zero-order valence-electron chi connectivity index (χ0n) is 20.8. The summed E-state index contributed by atoms with van der Waals surface area (Å²) >= 11 is 0. The quantitative estimate of drug-likeness (QED) is 0.461. The van der Waals surface area contributed by atoms with Crippen molar-refractivity contribution < 1.29 is 19.5 Å². The van der Waals surface area contributed by atoms with E-state index in [1.165, 1.54) is 12.1 Å². The second-order valence-corrected chi connectivity index (χ2v) is 9.65. The number of anilines is 2. The standard InChI is InChI=1S/C29H28N4O4/c1-32(2)16-22(34)17-33-13-12-19-14-21(9-11-25(19)33)30-27(18-6-4-3-5-7-18)26-23-10-8-20(29(36)37)15-24(23)31-28(26)35/h3-11,14-15,26H,12-13,16-17H2,1-2H3,(H,31,35)(H,36,37). The van der Waals surface area contributed by atoms with E-state index in [1.54, 1.807) is 6.07 Å². The minimum absolute atomic E-state index is 0.116. The maximum absolute atomic E-state index is 13.1. The first-order valence-electron chi connectivity index (χ1n) is 12.2. The number of Topliss-reactive ketones (excluding diaryl/α,β-unsaturated/α-hetero) is 1. The molecule has 5 rings (SSSR count). The molecule has 2 heterocycles. The topological polar surface area (TPSA) is 102 Å². The second kappa shape index (κ2) is 9.99. The number of nitrogens with zero attached hydrogens (tertiary/aromatic N) is 3. The molecule has 8 heteroatoms. The van der Waals surface area contributed by atoms with Crippen molar-refractivity contribution in [2.45, 2.75) is 12.3 Å². The average molecular weight is 497 g/mol. The van der Waals surface area contributed by atoms with Gasteiger partial charge >= 0.3 is 5.97 Å². The summed E-state index contributed by atoms with van der Waals surface area (Å²) < 4.78 is 0. The molecule has 37 heavy (non-hydrogen) atoms. The van der Waals surface area contributed by atoms with E-state index in [2.05, 4.69) is 10.2 Å². The Morgan fingerprint density at radius 2 is 1.84 bits per heavy atom. The fourth-order valence-corrected chi connectivity index (χ4v) is 5.02. The van der Waals surface area contributed by atoms with Gasteiger partial charge in [0.1, 0.15) is 5.92 Å². The summed E-state index contributed by atoms with van der Waals surface area (Å²) in [6, 6.07) is 20.2. The van der Waals surface area contributed by atoms with Crippen LogP contribution >= 0.6 is 0 Å². The van der Waals surface area contributed by atoms with Gasteiger partial charge in [0, 0.05) is 17.9 Å². The van der Waals surface area contributed by atoms with Gasteiger partial charge in [-0.15, -0.1) is 0 Å². The summed E-state index contributed by atoms with van der Waals surface area (Å²) in [7, 11) is 3.77. The zero-order chi connectivity index (χ0) is 26.1. The molecule has 8 nitrogen and oxygen atoms in total. The van der Waals surface area contributed by atoms with E-state index >= 15 is 0 Å². The highest BCUT2D eigenvalue weighted by Gasteiger charge is 2.36. The van der Waals surface area contributed by atoms with Crippen molar-refractivity contribution in [3.05, 3.63) is 89.0 Å². The van der Waals surface area contributed by atoms with Crippen molar-refractivity contribution in [1.29, 1.82) is 0 Å². The molecule has 3 aromatic rings. The SMILES string of the molecule is CN(C)CC(=O)CN1CCc2cc(N=C(c3ccccc3)C3C(=O)Nc4cc(C(=O)O)ccc43)ccc21. The highest BCUT2D eigenvalue weighted by atomic mass is 16.4. The predicted molar refractivity (Wildman–Crippen MR) is 143 cm³/mol. The Labute approximate surface area is 215 Å². The number of carboxylic acid groups (broad SMARTS) is 1. The van der Waals surface area contributed by atoms with Gasteiger partial charge in [0.05, 0.1) is 30.1 Å². The number of ketones is 1. The number of aliphatic imine (C=N–C) groups is 1. The van der Waals surface area contributed by atoms with Crippen LogP contribution in [0.5, 0.6) is 0 Å². The molecule has 2 aliphatic rings. The van der Waals surface area contributed by atoms with Crippen molar-refractivity contribution in [3.8, 4) is 0 Å². The third-order valence-electron chi connectivity index (χ3n) is 6.64. The molecule has 1 amide bonds. The second-order valence-electron chi connectivity index (χ2n) is 9.65. The first kappa shape index (κ1) is 24.4. The van der Waals surface area contributed by atoms with Gasteiger partial charge in [0.25, 0.3) is 0 Å². The average Bonchev–Trinajstić information content (AvgIpc) is 3.41. The van der Waals surface area contributed by atoms with Crippen LogP contribution in [0.2, 0.25) is 0 Å². The molecule has 188 valence electrons. The Morgan fingerprint density at radius 3 is 2.57 bits per heavy atom. The van der Waals surface area contributed by atoms with Gasteiger partial charge in [-0.3, -0.25) is 14.6 Å². The number of nitrogens with one attached hydrogen (secondary N) is 1. The van der Waals surface area contributed by atoms with Crippen molar-refractivity contribution >= 4 is 40.4 Å². The van der Waals surface area contributed by atoms with Gasteiger partial charge in [-0.1, -0.05) is 36.4 Å². The Hall–Kier alpha value is -4.30. The molecule has 2 aliphatic heterocycles. The summed E-state index contributed by atoms with van der Waals surface area (Å²) in [6.07, 6.45) is 0.819. The molecular formula is C29H28N4O4. The van der Waals surface area contributed by atoms with Crippen LogP contribution in [0.25, 0.3) is 0 Å². The molecule has 1 unspecified atom stereocenters. The molecule has 0 bridgehead atoms. The fourth-order valence-electron chi connectivity index (χ4n) is 5.02. The maximum atomic E-state index is 13.1. The van der Waals surface area contributed by atoms with E-state index in [-0.39, 0.29) is 17.3 Å². The molecule has 0 saturated heterocycles. The summed E-state index contributed by atoms with van der Waals surface area (Å²) in [5.41, 5.74) is 5.60. The number of carboxylic acids is 1.